The van der Waals surface area contributed by atoms with Gasteiger partial charge in [0.1, 0.15) is 5.41 Å². The number of hydrogen-bond donors (Lipinski definition) is 1. The molecule has 7 nitrogen and oxygen atoms in total. The number of rotatable bonds is 4. The van der Waals surface area contributed by atoms with Crippen LogP contribution in [0.1, 0.15) is 25.0 Å². The van der Waals surface area contributed by atoms with Crippen LogP contribution in [0.3, 0.4) is 0 Å². The quantitative estimate of drug-likeness (QED) is 0.823. The number of aryl methyl sites for hydroxylation is 1. The third kappa shape index (κ3) is 3.98. The van der Waals surface area contributed by atoms with Crippen LogP contribution in [0, 0.1) is 19.3 Å². The lowest BCUT2D eigenvalue weighted by atomic mass is 9.89. The van der Waals surface area contributed by atoms with Gasteiger partial charge >= 0.3 is 0 Å². The molecular formula is C21H27N5O2. The number of carbonyl (C=O) groups is 2. The molecule has 28 heavy (non-hydrogen) atoms. The van der Waals surface area contributed by atoms with E-state index in [1.807, 2.05) is 36.9 Å². The average molecular weight is 381 g/mol. The van der Waals surface area contributed by atoms with Gasteiger partial charge in [0.05, 0.1) is 0 Å². The number of nitrogens with one attached hydrogen (secondary N) is 1. The van der Waals surface area contributed by atoms with E-state index < -0.39 is 5.41 Å². The van der Waals surface area contributed by atoms with E-state index in [2.05, 4.69) is 15.3 Å². The van der Waals surface area contributed by atoms with Gasteiger partial charge in [-0.1, -0.05) is 12.1 Å². The van der Waals surface area contributed by atoms with Gasteiger partial charge < -0.3 is 15.1 Å². The highest BCUT2D eigenvalue weighted by Gasteiger charge is 2.40. The summed E-state index contributed by atoms with van der Waals surface area (Å²) in [7, 11) is 0. The zero-order valence-electron chi connectivity index (χ0n) is 16.9. The Morgan fingerprint density at radius 2 is 1.64 bits per heavy atom. The second-order valence-electron chi connectivity index (χ2n) is 7.65. The van der Waals surface area contributed by atoms with Crippen molar-refractivity contribution in [3.63, 3.8) is 0 Å². The van der Waals surface area contributed by atoms with Crippen LogP contribution in [-0.4, -0.2) is 52.9 Å². The predicted molar refractivity (Wildman–Crippen MR) is 109 cm³/mol. The van der Waals surface area contributed by atoms with Gasteiger partial charge in [-0.2, -0.15) is 0 Å². The minimum absolute atomic E-state index is 0.163. The first-order valence-electron chi connectivity index (χ1n) is 9.49. The lowest BCUT2D eigenvalue weighted by Crippen LogP contribution is -2.54. The molecule has 2 heterocycles. The maximum Gasteiger partial charge on any atom is 0.239 e. The summed E-state index contributed by atoms with van der Waals surface area (Å²) in [5, 5.41) is 2.93. The third-order valence-electron chi connectivity index (χ3n) is 5.36. The molecule has 0 spiro atoms. The molecule has 1 fully saturated rings. The van der Waals surface area contributed by atoms with Crippen molar-refractivity contribution < 1.29 is 9.59 Å². The number of piperazine rings is 1. The van der Waals surface area contributed by atoms with E-state index >= 15 is 0 Å². The van der Waals surface area contributed by atoms with E-state index in [-0.39, 0.29) is 11.8 Å². The molecule has 1 aliphatic rings. The van der Waals surface area contributed by atoms with Crippen LogP contribution >= 0.6 is 0 Å². The lowest BCUT2D eigenvalue weighted by Gasteiger charge is -2.38. The molecule has 0 radical (unpaired) electrons. The molecule has 0 aliphatic carbocycles. The highest BCUT2D eigenvalue weighted by Crippen LogP contribution is 2.25. The lowest BCUT2D eigenvalue weighted by molar-refractivity contribution is -0.146. The van der Waals surface area contributed by atoms with Crippen molar-refractivity contribution in [3.05, 3.63) is 47.8 Å². The fourth-order valence-electron chi connectivity index (χ4n) is 3.22. The van der Waals surface area contributed by atoms with Crippen LogP contribution in [0.15, 0.2) is 36.7 Å². The number of amides is 2. The SMILES string of the molecule is Cc1cccc(NC(=O)C(C)(C)C(=O)N2CCN(c3ncccn3)CC2)c1C. The smallest absolute Gasteiger partial charge is 0.239 e. The van der Waals surface area contributed by atoms with Gasteiger partial charge in [0.15, 0.2) is 0 Å². The van der Waals surface area contributed by atoms with Crippen LogP contribution in [0.5, 0.6) is 0 Å². The summed E-state index contributed by atoms with van der Waals surface area (Å²) in [6.45, 7) is 9.69. The molecule has 1 aromatic heterocycles. The van der Waals surface area contributed by atoms with E-state index in [0.29, 0.717) is 32.1 Å². The fourth-order valence-corrected chi connectivity index (χ4v) is 3.22. The van der Waals surface area contributed by atoms with Crippen LogP contribution in [-0.2, 0) is 9.59 Å². The molecule has 0 bridgehead atoms. The van der Waals surface area contributed by atoms with E-state index in [0.717, 1.165) is 16.8 Å². The highest BCUT2D eigenvalue weighted by molar-refractivity contribution is 6.10. The van der Waals surface area contributed by atoms with E-state index in [4.69, 9.17) is 0 Å². The van der Waals surface area contributed by atoms with Crippen molar-refractivity contribution in [2.24, 2.45) is 5.41 Å². The maximum absolute atomic E-state index is 13.1. The Morgan fingerprint density at radius 1 is 1.00 bits per heavy atom. The van der Waals surface area contributed by atoms with Crippen molar-refractivity contribution in [1.29, 1.82) is 0 Å². The first kappa shape index (κ1) is 19.8. The van der Waals surface area contributed by atoms with E-state index in [9.17, 15) is 9.59 Å². The molecule has 1 aromatic carbocycles. The molecule has 1 N–H and O–H groups in total. The van der Waals surface area contributed by atoms with Crippen molar-refractivity contribution in [2.75, 3.05) is 36.4 Å². The summed E-state index contributed by atoms with van der Waals surface area (Å²) < 4.78 is 0. The molecule has 0 atom stereocenters. The Morgan fingerprint density at radius 3 is 2.29 bits per heavy atom. The van der Waals surface area contributed by atoms with Crippen molar-refractivity contribution in [1.82, 2.24) is 14.9 Å². The van der Waals surface area contributed by atoms with Crippen molar-refractivity contribution >= 4 is 23.5 Å². The highest BCUT2D eigenvalue weighted by atomic mass is 16.2. The number of hydrogen-bond acceptors (Lipinski definition) is 5. The van der Waals surface area contributed by atoms with Gasteiger partial charge in [0.25, 0.3) is 0 Å². The van der Waals surface area contributed by atoms with Crippen molar-refractivity contribution in [2.45, 2.75) is 27.7 Å². The second kappa shape index (κ2) is 7.96. The number of aromatic nitrogens is 2. The minimum atomic E-state index is -1.15. The van der Waals surface area contributed by atoms with Gasteiger partial charge in [0.2, 0.25) is 17.8 Å². The van der Waals surface area contributed by atoms with Crippen LogP contribution < -0.4 is 10.2 Å². The molecular weight excluding hydrogens is 354 g/mol. The van der Waals surface area contributed by atoms with Crippen molar-refractivity contribution in [3.8, 4) is 0 Å². The third-order valence-corrected chi connectivity index (χ3v) is 5.36. The Balaban J connectivity index is 1.64. The fraction of sp³-hybridized carbons (Fsp3) is 0.429. The molecule has 1 saturated heterocycles. The molecule has 2 aromatic rings. The second-order valence-corrected chi connectivity index (χ2v) is 7.65. The predicted octanol–water partition coefficient (Wildman–Crippen LogP) is 2.41. The topological polar surface area (TPSA) is 78.4 Å². The molecule has 2 amide bonds. The first-order valence-corrected chi connectivity index (χ1v) is 9.49. The van der Waals surface area contributed by atoms with Gasteiger partial charge in [-0.3, -0.25) is 9.59 Å². The molecule has 3 rings (SSSR count). The molecule has 0 saturated carbocycles. The summed E-state index contributed by atoms with van der Waals surface area (Å²) in [6.07, 6.45) is 3.42. The minimum Gasteiger partial charge on any atom is -0.338 e. The van der Waals surface area contributed by atoms with E-state index in [1.54, 1.807) is 37.2 Å². The number of nitrogens with zero attached hydrogens (tertiary/aromatic N) is 4. The van der Waals surface area contributed by atoms with E-state index in [1.165, 1.54) is 0 Å². The molecule has 1 aliphatic heterocycles. The van der Waals surface area contributed by atoms with Crippen LogP contribution in [0.4, 0.5) is 11.6 Å². The Bertz CT molecular complexity index is 858. The molecule has 148 valence electrons. The summed E-state index contributed by atoms with van der Waals surface area (Å²) in [5.41, 5.74) is 1.70. The Kier molecular flexibility index (Phi) is 5.63. The van der Waals surface area contributed by atoms with Gasteiger partial charge in [-0.05, 0) is 51.0 Å². The number of carbonyl (C=O) groups excluding carboxylic acids is 2. The normalized spacial score (nSPS) is 14.7. The summed E-state index contributed by atoms with van der Waals surface area (Å²) in [5.74, 6) is 0.213. The monoisotopic (exact) mass is 381 g/mol. The number of benzene rings is 1. The zero-order valence-corrected chi connectivity index (χ0v) is 16.9. The molecule has 0 unspecified atom stereocenters. The van der Waals surface area contributed by atoms with Gasteiger partial charge in [0, 0.05) is 44.3 Å². The average Bonchev–Trinajstić information content (AvgIpc) is 2.71. The molecule has 7 heteroatoms. The van der Waals surface area contributed by atoms with Crippen LogP contribution in [0.25, 0.3) is 0 Å². The summed E-state index contributed by atoms with van der Waals surface area (Å²) in [4.78, 5) is 38.3. The largest absolute Gasteiger partial charge is 0.338 e. The Labute approximate surface area is 165 Å². The Hall–Kier alpha value is -2.96. The van der Waals surface area contributed by atoms with Gasteiger partial charge in [-0.15, -0.1) is 0 Å². The van der Waals surface area contributed by atoms with Gasteiger partial charge in [-0.25, -0.2) is 9.97 Å². The standard InChI is InChI=1S/C21H27N5O2/c1-15-7-5-8-17(16(15)2)24-18(27)21(3,4)19(28)25-11-13-26(14-12-25)20-22-9-6-10-23-20/h5-10H,11-14H2,1-4H3,(H,24,27). The first-order chi connectivity index (χ1) is 13.3. The maximum atomic E-state index is 13.1. The number of anilines is 2. The zero-order chi connectivity index (χ0) is 20.3. The van der Waals surface area contributed by atoms with Crippen LogP contribution in [0.2, 0.25) is 0 Å². The summed E-state index contributed by atoms with van der Waals surface area (Å²) in [6, 6.07) is 7.54. The summed E-state index contributed by atoms with van der Waals surface area (Å²) >= 11 is 0.